The van der Waals surface area contributed by atoms with Crippen LogP contribution in [-0.4, -0.2) is 6.61 Å². The van der Waals surface area contributed by atoms with Crippen LogP contribution in [0.1, 0.15) is 29.2 Å². The van der Waals surface area contributed by atoms with Gasteiger partial charge in [-0.25, -0.2) is 4.39 Å². The topological polar surface area (TPSA) is 30.5 Å². The summed E-state index contributed by atoms with van der Waals surface area (Å²) in [5, 5.41) is 4.14. The second-order valence-corrected chi connectivity index (χ2v) is 7.68. The van der Waals surface area contributed by atoms with Gasteiger partial charge in [0.25, 0.3) is 0 Å². The standard InChI is InChI=1S/C26H27ClFNO2/c1-4-7-21-12-20(16-29-24-15-22(27)11-10-18(24)3)14-25(30-5-2)26(21)31-17-19-8-6-9-23(28)13-19/h4,6,8-15,29H,1,5,7,16-17H2,2-3H3. The highest BCUT2D eigenvalue weighted by Crippen LogP contribution is 2.35. The summed E-state index contributed by atoms with van der Waals surface area (Å²) in [5.74, 6) is 1.04. The summed E-state index contributed by atoms with van der Waals surface area (Å²) in [6.45, 7) is 9.21. The average molecular weight is 440 g/mol. The van der Waals surface area contributed by atoms with Gasteiger partial charge in [-0.1, -0.05) is 35.9 Å². The fraction of sp³-hybridized carbons (Fsp3) is 0.231. The zero-order chi connectivity index (χ0) is 22.2. The third kappa shape index (κ3) is 6.25. The van der Waals surface area contributed by atoms with Gasteiger partial charge in [0, 0.05) is 22.8 Å². The maximum atomic E-state index is 13.5. The highest BCUT2D eigenvalue weighted by atomic mass is 35.5. The van der Waals surface area contributed by atoms with Crippen LogP contribution >= 0.6 is 11.6 Å². The molecular formula is C26H27ClFNO2. The Hall–Kier alpha value is -2.98. The van der Waals surface area contributed by atoms with Crippen molar-refractivity contribution in [2.75, 3.05) is 11.9 Å². The minimum Gasteiger partial charge on any atom is -0.490 e. The van der Waals surface area contributed by atoms with E-state index in [9.17, 15) is 4.39 Å². The quantitative estimate of drug-likeness (QED) is 0.341. The fourth-order valence-corrected chi connectivity index (χ4v) is 3.50. The lowest BCUT2D eigenvalue weighted by atomic mass is 10.0. The number of anilines is 1. The Balaban J connectivity index is 1.86. The number of halogens is 2. The van der Waals surface area contributed by atoms with E-state index < -0.39 is 0 Å². The van der Waals surface area contributed by atoms with Crippen molar-refractivity contribution in [1.82, 2.24) is 0 Å². The first-order valence-corrected chi connectivity index (χ1v) is 10.6. The number of allylic oxidation sites excluding steroid dienone is 1. The first-order chi connectivity index (χ1) is 15.0. The Morgan fingerprint density at radius 1 is 1.06 bits per heavy atom. The van der Waals surface area contributed by atoms with Crippen molar-refractivity contribution >= 4 is 17.3 Å². The number of hydrogen-bond donors (Lipinski definition) is 1. The van der Waals surface area contributed by atoms with Crippen LogP contribution < -0.4 is 14.8 Å². The van der Waals surface area contributed by atoms with Gasteiger partial charge in [0.05, 0.1) is 6.61 Å². The van der Waals surface area contributed by atoms with Crippen LogP contribution in [-0.2, 0) is 19.6 Å². The molecule has 5 heteroatoms. The van der Waals surface area contributed by atoms with Gasteiger partial charge in [0.1, 0.15) is 12.4 Å². The van der Waals surface area contributed by atoms with Gasteiger partial charge in [0.15, 0.2) is 11.5 Å². The van der Waals surface area contributed by atoms with Crippen molar-refractivity contribution in [3.05, 3.63) is 100 Å². The van der Waals surface area contributed by atoms with Crippen LogP contribution in [0.2, 0.25) is 5.02 Å². The molecule has 0 atom stereocenters. The van der Waals surface area contributed by atoms with Gasteiger partial charge in [-0.3, -0.25) is 0 Å². The SMILES string of the molecule is C=CCc1cc(CNc2cc(Cl)ccc2C)cc(OCC)c1OCc1cccc(F)c1. The van der Waals surface area contributed by atoms with Gasteiger partial charge >= 0.3 is 0 Å². The zero-order valence-corrected chi connectivity index (χ0v) is 18.6. The molecule has 3 aromatic rings. The lowest BCUT2D eigenvalue weighted by Gasteiger charge is -2.18. The average Bonchev–Trinajstić information content (AvgIpc) is 2.74. The summed E-state index contributed by atoms with van der Waals surface area (Å²) in [6.07, 6.45) is 2.46. The van der Waals surface area contributed by atoms with E-state index in [0.29, 0.717) is 36.1 Å². The van der Waals surface area contributed by atoms with Gasteiger partial charge in [0.2, 0.25) is 0 Å². The molecule has 0 aliphatic heterocycles. The Kier molecular flexibility index (Phi) is 7.96. The van der Waals surface area contributed by atoms with Crippen LogP contribution in [0.15, 0.2) is 67.3 Å². The molecule has 0 aliphatic carbocycles. The normalized spacial score (nSPS) is 10.6. The minimum absolute atomic E-state index is 0.251. The van der Waals surface area contributed by atoms with Crippen molar-refractivity contribution in [1.29, 1.82) is 0 Å². The van der Waals surface area contributed by atoms with Crippen LogP contribution in [0.4, 0.5) is 10.1 Å². The van der Waals surface area contributed by atoms with E-state index in [0.717, 1.165) is 27.9 Å². The van der Waals surface area contributed by atoms with Gasteiger partial charge < -0.3 is 14.8 Å². The third-order valence-electron chi connectivity index (χ3n) is 4.81. The van der Waals surface area contributed by atoms with Crippen molar-refractivity contribution in [3.63, 3.8) is 0 Å². The van der Waals surface area contributed by atoms with Crippen LogP contribution in [0.25, 0.3) is 0 Å². The number of aryl methyl sites for hydroxylation is 1. The lowest BCUT2D eigenvalue weighted by molar-refractivity contribution is 0.266. The second-order valence-electron chi connectivity index (χ2n) is 7.24. The van der Waals surface area contributed by atoms with Crippen LogP contribution in [0.3, 0.4) is 0 Å². The van der Waals surface area contributed by atoms with Crippen molar-refractivity contribution in [2.45, 2.75) is 33.4 Å². The Morgan fingerprint density at radius 2 is 1.90 bits per heavy atom. The van der Waals surface area contributed by atoms with E-state index in [1.54, 1.807) is 6.07 Å². The Labute approximate surface area is 188 Å². The second kappa shape index (κ2) is 10.9. The van der Waals surface area contributed by atoms with E-state index in [1.807, 2.05) is 50.3 Å². The molecular weight excluding hydrogens is 413 g/mol. The van der Waals surface area contributed by atoms with E-state index >= 15 is 0 Å². The summed E-state index contributed by atoms with van der Waals surface area (Å²) in [5.41, 5.74) is 4.89. The molecule has 0 saturated carbocycles. The third-order valence-corrected chi connectivity index (χ3v) is 5.05. The Bertz CT molecular complexity index is 1050. The lowest BCUT2D eigenvalue weighted by Crippen LogP contribution is -2.06. The summed E-state index contributed by atoms with van der Waals surface area (Å²) >= 11 is 6.14. The highest BCUT2D eigenvalue weighted by molar-refractivity contribution is 6.30. The maximum Gasteiger partial charge on any atom is 0.165 e. The minimum atomic E-state index is -0.282. The Morgan fingerprint density at radius 3 is 2.65 bits per heavy atom. The fourth-order valence-electron chi connectivity index (χ4n) is 3.32. The van der Waals surface area contributed by atoms with Gasteiger partial charge in [-0.05, 0) is 73.4 Å². The largest absolute Gasteiger partial charge is 0.490 e. The van der Waals surface area contributed by atoms with Crippen molar-refractivity contribution < 1.29 is 13.9 Å². The molecule has 0 aromatic heterocycles. The molecule has 3 nitrogen and oxygen atoms in total. The highest BCUT2D eigenvalue weighted by Gasteiger charge is 2.14. The number of nitrogens with one attached hydrogen (secondary N) is 1. The van der Waals surface area contributed by atoms with Crippen molar-refractivity contribution in [2.24, 2.45) is 0 Å². The molecule has 162 valence electrons. The van der Waals surface area contributed by atoms with E-state index in [2.05, 4.69) is 18.0 Å². The van der Waals surface area contributed by atoms with Crippen LogP contribution in [0, 0.1) is 12.7 Å². The van der Waals surface area contributed by atoms with Crippen molar-refractivity contribution in [3.8, 4) is 11.5 Å². The van der Waals surface area contributed by atoms with Gasteiger partial charge in [-0.15, -0.1) is 6.58 Å². The smallest absolute Gasteiger partial charge is 0.165 e. The molecule has 0 radical (unpaired) electrons. The zero-order valence-electron chi connectivity index (χ0n) is 17.9. The molecule has 3 aromatic carbocycles. The molecule has 3 rings (SSSR count). The number of rotatable bonds is 10. The summed E-state index contributed by atoms with van der Waals surface area (Å²) < 4.78 is 25.5. The van der Waals surface area contributed by atoms with Crippen LogP contribution in [0.5, 0.6) is 11.5 Å². The van der Waals surface area contributed by atoms with E-state index in [4.69, 9.17) is 21.1 Å². The molecule has 0 aliphatic rings. The molecule has 1 N–H and O–H groups in total. The molecule has 0 saturated heterocycles. The number of ether oxygens (including phenoxy) is 2. The first-order valence-electron chi connectivity index (χ1n) is 10.3. The summed E-state index contributed by atoms with van der Waals surface area (Å²) in [6, 6.07) is 16.2. The predicted octanol–water partition coefficient (Wildman–Crippen LogP) is 7.11. The predicted molar refractivity (Wildman–Crippen MR) is 126 cm³/mol. The first kappa shape index (κ1) is 22.7. The molecule has 0 heterocycles. The summed E-state index contributed by atoms with van der Waals surface area (Å²) in [7, 11) is 0. The summed E-state index contributed by atoms with van der Waals surface area (Å²) in [4.78, 5) is 0. The molecule has 0 fully saturated rings. The number of benzene rings is 3. The van der Waals surface area contributed by atoms with E-state index in [1.165, 1.54) is 12.1 Å². The molecule has 31 heavy (non-hydrogen) atoms. The molecule has 0 bridgehead atoms. The molecule has 0 spiro atoms. The van der Waals surface area contributed by atoms with E-state index in [-0.39, 0.29) is 12.4 Å². The molecule has 0 unspecified atom stereocenters. The number of hydrogen-bond acceptors (Lipinski definition) is 3. The maximum absolute atomic E-state index is 13.5. The van der Waals surface area contributed by atoms with Gasteiger partial charge in [-0.2, -0.15) is 0 Å². The monoisotopic (exact) mass is 439 g/mol. The molecule has 0 amide bonds.